The van der Waals surface area contributed by atoms with Crippen molar-refractivity contribution in [2.75, 3.05) is 22.8 Å². The van der Waals surface area contributed by atoms with Crippen LogP contribution in [0.5, 0.6) is 11.5 Å². The minimum Gasteiger partial charge on any atom is -0.487 e. The number of nitrogens with zero attached hydrogens (tertiary/aromatic N) is 1. The van der Waals surface area contributed by atoms with Gasteiger partial charge in [-0.05, 0) is 67.6 Å². The first-order chi connectivity index (χ1) is 15.3. The van der Waals surface area contributed by atoms with Gasteiger partial charge in [0.1, 0.15) is 17.6 Å². The monoisotopic (exact) mass is 516 g/mol. The number of carbonyl (C=O) groups excluding carboxylic acids is 1. The average molecular weight is 517 g/mol. The molecule has 0 aromatic heterocycles. The van der Waals surface area contributed by atoms with Gasteiger partial charge in [-0.1, -0.05) is 28.1 Å². The number of benzene rings is 3. The molecule has 4 rings (SSSR count). The zero-order valence-electron chi connectivity index (χ0n) is 17.2. The number of hydrogen-bond acceptors (Lipinski definition) is 5. The molecule has 7 nitrogen and oxygen atoms in total. The van der Waals surface area contributed by atoms with Crippen LogP contribution in [0.1, 0.15) is 6.92 Å². The van der Waals surface area contributed by atoms with Crippen molar-refractivity contribution in [1.82, 2.24) is 0 Å². The molecule has 0 radical (unpaired) electrons. The number of ether oxygens (including phenoxy) is 2. The Morgan fingerprint density at radius 3 is 2.50 bits per heavy atom. The number of nitrogens with one attached hydrogen (secondary N) is 1. The van der Waals surface area contributed by atoms with E-state index < -0.39 is 10.0 Å². The maximum atomic E-state index is 13.3. The molecule has 0 spiro atoms. The van der Waals surface area contributed by atoms with E-state index in [4.69, 9.17) is 9.47 Å². The van der Waals surface area contributed by atoms with Crippen molar-refractivity contribution in [2.24, 2.45) is 0 Å². The lowest BCUT2D eigenvalue weighted by atomic mass is 10.2. The summed E-state index contributed by atoms with van der Waals surface area (Å²) >= 11 is 3.34. The standard InChI is InChI=1S/C23H21BrN2O5S/c1-16-14-26(21-4-2-3-5-22(21)31-16)32(28,29)20-12-8-18(9-13-20)25-23(27)15-30-19-10-6-17(24)7-11-19/h2-13,16H,14-15H2,1H3,(H,25,27)/t16-/m1/s1. The molecular formula is C23H21BrN2O5S. The second kappa shape index (κ2) is 9.22. The van der Waals surface area contributed by atoms with Crippen molar-refractivity contribution in [3.05, 3.63) is 77.3 Å². The molecule has 0 bridgehead atoms. The third-order valence-electron chi connectivity index (χ3n) is 4.79. The molecule has 1 atom stereocenters. The summed E-state index contributed by atoms with van der Waals surface area (Å²) in [7, 11) is -3.79. The summed E-state index contributed by atoms with van der Waals surface area (Å²) < 4.78 is 40.0. The Labute approximate surface area is 195 Å². The van der Waals surface area contributed by atoms with Crippen LogP contribution in [0, 0.1) is 0 Å². The number of rotatable bonds is 6. The van der Waals surface area contributed by atoms with Crippen LogP contribution in [0.2, 0.25) is 0 Å². The van der Waals surface area contributed by atoms with E-state index in [0.29, 0.717) is 22.9 Å². The number of amides is 1. The Morgan fingerprint density at radius 2 is 1.78 bits per heavy atom. The van der Waals surface area contributed by atoms with Crippen LogP contribution in [-0.4, -0.2) is 33.6 Å². The number of halogens is 1. The van der Waals surface area contributed by atoms with Gasteiger partial charge in [-0.25, -0.2) is 8.42 Å². The minimum atomic E-state index is -3.79. The molecule has 0 saturated carbocycles. The SMILES string of the molecule is C[C@@H]1CN(S(=O)(=O)c2ccc(NC(=O)COc3ccc(Br)cc3)cc2)c2ccccc2O1. The van der Waals surface area contributed by atoms with Crippen LogP contribution in [0.3, 0.4) is 0 Å². The van der Waals surface area contributed by atoms with Gasteiger partial charge in [0.25, 0.3) is 15.9 Å². The molecule has 1 aliphatic heterocycles. The summed E-state index contributed by atoms with van der Waals surface area (Å²) in [5.41, 5.74) is 0.983. The Bertz CT molecular complexity index is 1210. The zero-order chi connectivity index (χ0) is 22.7. The third kappa shape index (κ3) is 4.89. The number of hydrogen-bond donors (Lipinski definition) is 1. The van der Waals surface area contributed by atoms with E-state index in [2.05, 4.69) is 21.2 Å². The molecular weight excluding hydrogens is 496 g/mol. The van der Waals surface area contributed by atoms with E-state index >= 15 is 0 Å². The molecule has 0 aliphatic carbocycles. The minimum absolute atomic E-state index is 0.130. The molecule has 0 unspecified atom stereocenters. The van der Waals surface area contributed by atoms with Crippen LogP contribution in [-0.2, 0) is 14.8 Å². The fraction of sp³-hybridized carbons (Fsp3) is 0.174. The van der Waals surface area contributed by atoms with Gasteiger partial charge in [-0.15, -0.1) is 0 Å². The summed E-state index contributed by atoms with van der Waals surface area (Å²) in [6.07, 6.45) is -0.274. The molecule has 166 valence electrons. The van der Waals surface area contributed by atoms with Crippen molar-refractivity contribution in [3.8, 4) is 11.5 Å². The first kappa shape index (κ1) is 22.2. The van der Waals surface area contributed by atoms with Gasteiger partial charge >= 0.3 is 0 Å². The van der Waals surface area contributed by atoms with Gasteiger partial charge in [-0.3, -0.25) is 9.10 Å². The highest BCUT2D eigenvalue weighted by atomic mass is 79.9. The number of para-hydroxylation sites is 2. The van der Waals surface area contributed by atoms with E-state index in [1.807, 2.05) is 19.1 Å². The molecule has 1 amide bonds. The van der Waals surface area contributed by atoms with Crippen molar-refractivity contribution < 1.29 is 22.7 Å². The Kier molecular flexibility index (Phi) is 6.38. The van der Waals surface area contributed by atoms with Gasteiger partial charge in [0.05, 0.1) is 17.1 Å². The summed E-state index contributed by atoms with van der Waals surface area (Å²) in [6.45, 7) is 1.88. The van der Waals surface area contributed by atoms with Crippen molar-refractivity contribution in [2.45, 2.75) is 17.9 Å². The normalized spacial score (nSPS) is 15.4. The van der Waals surface area contributed by atoms with Crippen molar-refractivity contribution in [1.29, 1.82) is 0 Å². The maximum Gasteiger partial charge on any atom is 0.264 e. The zero-order valence-corrected chi connectivity index (χ0v) is 19.6. The number of sulfonamides is 1. The fourth-order valence-electron chi connectivity index (χ4n) is 3.29. The summed E-state index contributed by atoms with van der Waals surface area (Å²) in [5, 5.41) is 2.70. The Hall–Kier alpha value is -3.04. The molecule has 1 N–H and O–H groups in total. The molecule has 0 saturated heterocycles. The van der Waals surface area contributed by atoms with Crippen LogP contribution in [0.4, 0.5) is 11.4 Å². The first-order valence-corrected chi connectivity index (χ1v) is 12.1. The lowest BCUT2D eigenvalue weighted by Gasteiger charge is -2.34. The third-order valence-corrected chi connectivity index (χ3v) is 7.12. The molecule has 1 heterocycles. The number of anilines is 2. The number of carbonyl (C=O) groups is 1. The largest absolute Gasteiger partial charge is 0.487 e. The molecule has 3 aromatic rings. The van der Waals surface area contributed by atoms with E-state index in [1.165, 1.54) is 16.4 Å². The van der Waals surface area contributed by atoms with Gasteiger partial charge in [-0.2, -0.15) is 0 Å². The summed E-state index contributed by atoms with van der Waals surface area (Å²) in [4.78, 5) is 12.3. The predicted octanol–water partition coefficient (Wildman–Crippen LogP) is 4.44. The summed E-state index contributed by atoms with van der Waals surface area (Å²) in [5.74, 6) is 0.758. The molecule has 1 aliphatic rings. The van der Waals surface area contributed by atoms with Crippen LogP contribution >= 0.6 is 15.9 Å². The lowest BCUT2D eigenvalue weighted by Crippen LogP contribution is -2.42. The van der Waals surface area contributed by atoms with E-state index in [0.717, 1.165) is 4.47 Å². The lowest BCUT2D eigenvalue weighted by molar-refractivity contribution is -0.118. The smallest absolute Gasteiger partial charge is 0.264 e. The van der Waals surface area contributed by atoms with Crippen LogP contribution in [0.25, 0.3) is 0 Å². The average Bonchev–Trinajstić information content (AvgIpc) is 2.78. The van der Waals surface area contributed by atoms with E-state index in [9.17, 15) is 13.2 Å². The number of fused-ring (bicyclic) bond motifs is 1. The molecule has 3 aromatic carbocycles. The molecule has 9 heteroatoms. The second-order valence-corrected chi connectivity index (χ2v) is 10.0. The molecule has 32 heavy (non-hydrogen) atoms. The highest BCUT2D eigenvalue weighted by Crippen LogP contribution is 2.36. The van der Waals surface area contributed by atoms with Gasteiger partial charge in [0, 0.05) is 10.2 Å². The maximum absolute atomic E-state index is 13.3. The Balaban J connectivity index is 1.44. The van der Waals surface area contributed by atoms with Gasteiger partial charge < -0.3 is 14.8 Å². The predicted molar refractivity (Wildman–Crippen MR) is 126 cm³/mol. The fourth-order valence-corrected chi connectivity index (χ4v) is 5.11. The topological polar surface area (TPSA) is 84.9 Å². The van der Waals surface area contributed by atoms with E-state index in [1.54, 1.807) is 48.5 Å². The highest BCUT2D eigenvalue weighted by Gasteiger charge is 2.32. The second-order valence-electron chi connectivity index (χ2n) is 7.25. The quantitative estimate of drug-likeness (QED) is 0.523. The van der Waals surface area contributed by atoms with Gasteiger partial charge in [0.15, 0.2) is 6.61 Å². The first-order valence-electron chi connectivity index (χ1n) is 9.89. The van der Waals surface area contributed by atoms with E-state index in [-0.39, 0.29) is 30.1 Å². The van der Waals surface area contributed by atoms with Crippen molar-refractivity contribution >= 4 is 43.2 Å². The van der Waals surface area contributed by atoms with Crippen molar-refractivity contribution in [3.63, 3.8) is 0 Å². The Morgan fingerprint density at radius 1 is 1.09 bits per heavy atom. The van der Waals surface area contributed by atoms with Gasteiger partial charge in [0.2, 0.25) is 0 Å². The summed E-state index contributed by atoms with van der Waals surface area (Å²) in [6, 6.07) is 20.3. The molecule has 0 fully saturated rings. The van der Waals surface area contributed by atoms with Crippen LogP contribution < -0.4 is 19.1 Å². The van der Waals surface area contributed by atoms with Crippen LogP contribution in [0.15, 0.2) is 82.2 Å². The highest BCUT2D eigenvalue weighted by molar-refractivity contribution is 9.10.